The molecule has 0 saturated carbocycles. The number of ether oxygens (including phenoxy) is 1. The quantitative estimate of drug-likeness (QED) is 0.815. The maximum absolute atomic E-state index is 13.0. The monoisotopic (exact) mass is 319 g/mol. The van der Waals surface area contributed by atoms with Gasteiger partial charge in [-0.25, -0.2) is 17.5 Å². The Morgan fingerprint density at radius 2 is 2.10 bits per heavy atom. The number of hydrogen-bond donors (Lipinski definition) is 1. The van der Waals surface area contributed by atoms with E-state index in [1.54, 1.807) is 11.8 Å². The highest BCUT2D eigenvalue weighted by atomic mass is 32.2. The number of halogens is 1. The SMILES string of the molecule is O=S(=O)(NCCSC1CCOCC1)c1cccc(F)c1. The van der Waals surface area contributed by atoms with Crippen LogP contribution in [0.4, 0.5) is 4.39 Å². The van der Waals surface area contributed by atoms with Gasteiger partial charge in [0, 0.05) is 30.8 Å². The van der Waals surface area contributed by atoms with Crippen molar-refractivity contribution < 1.29 is 17.5 Å². The minimum absolute atomic E-state index is 0.0337. The van der Waals surface area contributed by atoms with Crippen LogP contribution in [0, 0.1) is 5.82 Å². The summed E-state index contributed by atoms with van der Waals surface area (Å²) in [6.45, 7) is 1.92. The van der Waals surface area contributed by atoms with Crippen molar-refractivity contribution in [2.75, 3.05) is 25.5 Å². The van der Waals surface area contributed by atoms with Gasteiger partial charge in [0.15, 0.2) is 0 Å². The van der Waals surface area contributed by atoms with Crippen molar-refractivity contribution in [3.63, 3.8) is 0 Å². The Morgan fingerprint density at radius 1 is 1.35 bits per heavy atom. The molecule has 1 aliphatic heterocycles. The van der Waals surface area contributed by atoms with E-state index >= 15 is 0 Å². The van der Waals surface area contributed by atoms with Crippen LogP contribution in [0.3, 0.4) is 0 Å². The summed E-state index contributed by atoms with van der Waals surface area (Å²) in [6.07, 6.45) is 2.03. The van der Waals surface area contributed by atoms with E-state index in [9.17, 15) is 12.8 Å². The molecule has 0 unspecified atom stereocenters. The first-order valence-electron chi connectivity index (χ1n) is 6.52. The van der Waals surface area contributed by atoms with Gasteiger partial charge in [0.25, 0.3) is 0 Å². The minimum Gasteiger partial charge on any atom is -0.381 e. The van der Waals surface area contributed by atoms with E-state index in [0.717, 1.165) is 32.1 Å². The normalized spacial score (nSPS) is 17.2. The smallest absolute Gasteiger partial charge is 0.240 e. The summed E-state index contributed by atoms with van der Waals surface area (Å²) < 4.78 is 44.6. The van der Waals surface area contributed by atoms with Crippen LogP contribution in [0.2, 0.25) is 0 Å². The molecule has 0 atom stereocenters. The molecule has 1 aromatic carbocycles. The third kappa shape index (κ3) is 4.73. The summed E-state index contributed by atoms with van der Waals surface area (Å²) in [6, 6.07) is 5.02. The maximum atomic E-state index is 13.0. The van der Waals surface area contributed by atoms with Crippen molar-refractivity contribution in [1.82, 2.24) is 4.72 Å². The summed E-state index contributed by atoms with van der Waals surface area (Å²) in [5.74, 6) is 0.156. The molecule has 0 radical (unpaired) electrons. The van der Waals surface area contributed by atoms with E-state index in [-0.39, 0.29) is 4.90 Å². The molecule has 0 amide bonds. The molecule has 2 rings (SSSR count). The van der Waals surface area contributed by atoms with Crippen LogP contribution < -0.4 is 4.72 Å². The van der Waals surface area contributed by atoms with E-state index in [1.165, 1.54) is 18.2 Å². The Hall–Kier alpha value is -0.630. The van der Waals surface area contributed by atoms with Crippen molar-refractivity contribution >= 4 is 21.8 Å². The molecule has 1 aliphatic rings. The van der Waals surface area contributed by atoms with Crippen molar-refractivity contribution in [3.05, 3.63) is 30.1 Å². The van der Waals surface area contributed by atoms with Crippen LogP contribution in [0.1, 0.15) is 12.8 Å². The molecule has 20 heavy (non-hydrogen) atoms. The molecule has 1 fully saturated rings. The minimum atomic E-state index is -3.61. The predicted molar refractivity (Wildman–Crippen MR) is 77.9 cm³/mol. The van der Waals surface area contributed by atoms with E-state index < -0.39 is 15.8 Å². The zero-order valence-electron chi connectivity index (χ0n) is 11.0. The fourth-order valence-corrected chi connectivity index (χ4v) is 4.23. The second-order valence-corrected chi connectivity index (χ2v) is 7.71. The van der Waals surface area contributed by atoms with Gasteiger partial charge in [-0.05, 0) is 31.0 Å². The molecule has 1 aromatic rings. The Bertz CT molecular complexity index is 530. The largest absolute Gasteiger partial charge is 0.381 e. The molecule has 1 saturated heterocycles. The lowest BCUT2D eigenvalue weighted by atomic mass is 10.2. The number of nitrogens with one attached hydrogen (secondary N) is 1. The number of sulfonamides is 1. The molecule has 0 bridgehead atoms. The fraction of sp³-hybridized carbons (Fsp3) is 0.538. The highest BCUT2D eigenvalue weighted by Gasteiger charge is 2.16. The molecule has 4 nitrogen and oxygen atoms in total. The Morgan fingerprint density at radius 3 is 2.80 bits per heavy atom. The van der Waals surface area contributed by atoms with Gasteiger partial charge >= 0.3 is 0 Å². The van der Waals surface area contributed by atoms with E-state index in [0.29, 0.717) is 17.5 Å². The molecular formula is C13H18FNO3S2. The molecule has 0 spiro atoms. The van der Waals surface area contributed by atoms with E-state index in [4.69, 9.17) is 4.74 Å². The van der Waals surface area contributed by atoms with E-state index in [2.05, 4.69) is 4.72 Å². The maximum Gasteiger partial charge on any atom is 0.240 e. The molecule has 0 aliphatic carbocycles. The Labute approximate surface area is 123 Å². The highest BCUT2D eigenvalue weighted by molar-refractivity contribution is 8.00. The van der Waals surface area contributed by atoms with Crippen molar-refractivity contribution in [3.8, 4) is 0 Å². The van der Waals surface area contributed by atoms with Gasteiger partial charge < -0.3 is 4.74 Å². The van der Waals surface area contributed by atoms with Gasteiger partial charge in [-0.15, -0.1) is 0 Å². The number of thioether (sulfide) groups is 1. The van der Waals surface area contributed by atoms with Gasteiger partial charge in [0.2, 0.25) is 10.0 Å². The molecule has 1 N–H and O–H groups in total. The van der Waals surface area contributed by atoms with Crippen molar-refractivity contribution in [2.24, 2.45) is 0 Å². The van der Waals surface area contributed by atoms with Gasteiger partial charge in [0.1, 0.15) is 5.82 Å². The van der Waals surface area contributed by atoms with Gasteiger partial charge in [-0.3, -0.25) is 0 Å². The lowest BCUT2D eigenvalue weighted by Crippen LogP contribution is -2.27. The standard InChI is InChI=1S/C13H18FNO3S2/c14-11-2-1-3-13(10-11)20(16,17)15-6-9-19-12-4-7-18-8-5-12/h1-3,10,12,15H,4-9H2. The van der Waals surface area contributed by atoms with Crippen LogP contribution >= 0.6 is 11.8 Å². The molecule has 0 aromatic heterocycles. The fourth-order valence-electron chi connectivity index (χ4n) is 1.96. The third-order valence-electron chi connectivity index (χ3n) is 3.02. The van der Waals surface area contributed by atoms with Crippen molar-refractivity contribution in [1.29, 1.82) is 0 Å². The lowest BCUT2D eigenvalue weighted by molar-refractivity contribution is 0.100. The summed E-state index contributed by atoms with van der Waals surface area (Å²) >= 11 is 1.76. The summed E-state index contributed by atoms with van der Waals surface area (Å²) in [5, 5.41) is 0.544. The first kappa shape index (κ1) is 15.8. The summed E-state index contributed by atoms with van der Waals surface area (Å²) in [7, 11) is -3.61. The first-order chi connectivity index (χ1) is 9.58. The number of hydrogen-bond acceptors (Lipinski definition) is 4. The second-order valence-electron chi connectivity index (χ2n) is 4.54. The third-order valence-corrected chi connectivity index (χ3v) is 5.86. The predicted octanol–water partition coefficient (Wildman–Crippen LogP) is 2.02. The highest BCUT2D eigenvalue weighted by Crippen LogP contribution is 2.21. The second kappa shape index (κ2) is 7.40. The van der Waals surface area contributed by atoms with Crippen LogP contribution in [0.5, 0.6) is 0 Å². The number of rotatable bonds is 6. The van der Waals surface area contributed by atoms with Gasteiger partial charge in [-0.2, -0.15) is 11.8 Å². The zero-order valence-corrected chi connectivity index (χ0v) is 12.7. The van der Waals surface area contributed by atoms with Gasteiger partial charge in [-0.1, -0.05) is 6.07 Å². The Kier molecular flexibility index (Phi) is 5.83. The molecule has 7 heteroatoms. The van der Waals surface area contributed by atoms with E-state index in [1.807, 2.05) is 0 Å². The van der Waals surface area contributed by atoms with Crippen LogP contribution in [0.15, 0.2) is 29.2 Å². The average Bonchev–Trinajstić information content (AvgIpc) is 2.45. The molecule has 1 heterocycles. The summed E-state index contributed by atoms with van der Waals surface area (Å²) in [5.41, 5.74) is 0. The lowest BCUT2D eigenvalue weighted by Gasteiger charge is -2.21. The Balaban J connectivity index is 1.78. The topological polar surface area (TPSA) is 55.4 Å². The summed E-state index contributed by atoms with van der Waals surface area (Å²) in [4.78, 5) is -0.0337. The number of benzene rings is 1. The van der Waals surface area contributed by atoms with Crippen LogP contribution in [-0.2, 0) is 14.8 Å². The zero-order chi connectivity index (χ0) is 14.4. The molecular weight excluding hydrogens is 301 g/mol. The van der Waals surface area contributed by atoms with Crippen LogP contribution in [-0.4, -0.2) is 39.2 Å². The van der Waals surface area contributed by atoms with Crippen LogP contribution in [0.25, 0.3) is 0 Å². The molecule has 112 valence electrons. The van der Waals surface area contributed by atoms with Crippen molar-refractivity contribution in [2.45, 2.75) is 23.0 Å². The average molecular weight is 319 g/mol. The van der Waals surface area contributed by atoms with Gasteiger partial charge in [0.05, 0.1) is 4.90 Å². The first-order valence-corrected chi connectivity index (χ1v) is 9.06.